The molecule has 0 aliphatic rings. The summed E-state index contributed by atoms with van der Waals surface area (Å²) < 4.78 is 2.11. The first-order valence-electron chi connectivity index (χ1n) is 7.52. The first kappa shape index (κ1) is 16.1. The van der Waals surface area contributed by atoms with Crippen LogP contribution in [-0.4, -0.2) is 28.6 Å². The van der Waals surface area contributed by atoms with Crippen molar-refractivity contribution in [3.8, 4) is 0 Å². The van der Waals surface area contributed by atoms with E-state index in [1.807, 2.05) is 18.8 Å². The smallest absolute Gasteiger partial charge is 0.0596 e. The van der Waals surface area contributed by atoms with E-state index in [1.54, 1.807) is 0 Å². The highest BCUT2D eigenvalue weighted by Gasteiger charge is 2.12. The van der Waals surface area contributed by atoms with Crippen LogP contribution >= 0.6 is 11.8 Å². The molecule has 0 fully saturated rings. The maximum absolute atomic E-state index is 4.53. The molecule has 0 saturated carbocycles. The number of benzene rings is 1. The molecule has 2 rings (SSSR count). The number of nitrogens with zero attached hydrogens (tertiary/aromatic N) is 2. The molecule has 2 aromatic rings. The highest BCUT2D eigenvalue weighted by atomic mass is 32.2. The molecule has 4 heteroatoms. The molecule has 1 aromatic carbocycles. The van der Waals surface area contributed by atoms with E-state index in [2.05, 4.69) is 66.2 Å². The van der Waals surface area contributed by atoms with Gasteiger partial charge >= 0.3 is 0 Å². The van der Waals surface area contributed by atoms with Crippen molar-refractivity contribution in [2.45, 2.75) is 44.7 Å². The number of thioether (sulfide) groups is 1. The summed E-state index contributed by atoms with van der Waals surface area (Å²) in [4.78, 5) is 1.34. The molecule has 1 N–H and O–H groups in total. The maximum atomic E-state index is 4.53. The van der Waals surface area contributed by atoms with Gasteiger partial charge in [-0.3, -0.25) is 4.68 Å². The fourth-order valence-corrected chi connectivity index (χ4v) is 3.56. The Hall–Kier alpha value is -1.26. The Balaban J connectivity index is 1.96. The van der Waals surface area contributed by atoms with Crippen LogP contribution in [0.5, 0.6) is 0 Å². The van der Waals surface area contributed by atoms with Crippen LogP contribution in [-0.2, 0) is 13.0 Å². The molecule has 1 heterocycles. The summed E-state index contributed by atoms with van der Waals surface area (Å²) in [5.41, 5.74) is 3.74. The Morgan fingerprint density at radius 1 is 1.29 bits per heavy atom. The average molecular weight is 303 g/mol. The molecule has 0 bridgehead atoms. The third-order valence-electron chi connectivity index (χ3n) is 3.59. The first-order valence-corrected chi connectivity index (χ1v) is 8.51. The van der Waals surface area contributed by atoms with Gasteiger partial charge in [0.05, 0.1) is 5.69 Å². The number of hydrogen-bond acceptors (Lipinski definition) is 3. The van der Waals surface area contributed by atoms with Gasteiger partial charge in [0.1, 0.15) is 0 Å². The Morgan fingerprint density at radius 2 is 2.10 bits per heavy atom. The molecule has 1 aromatic heterocycles. The van der Waals surface area contributed by atoms with Gasteiger partial charge in [-0.15, -0.1) is 11.8 Å². The third-order valence-corrected chi connectivity index (χ3v) is 4.75. The van der Waals surface area contributed by atoms with Crippen LogP contribution in [0.15, 0.2) is 35.2 Å². The van der Waals surface area contributed by atoms with E-state index in [0.29, 0.717) is 6.04 Å². The predicted molar refractivity (Wildman–Crippen MR) is 91.1 cm³/mol. The molecule has 1 unspecified atom stereocenters. The molecule has 0 radical (unpaired) electrons. The zero-order chi connectivity index (χ0) is 15.2. The van der Waals surface area contributed by atoms with E-state index >= 15 is 0 Å². The minimum absolute atomic E-state index is 0.455. The lowest BCUT2D eigenvalue weighted by Crippen LogP contribution is -2.31. The summed E-state index contributed by atoms with van der Waals surface area (Å²) in [7, 11) is 2.04. The second kappa shape index (κ2) is 7.66. The number of likely N-dealkylation sites (N-methyl/N-ethyl adjacent to an activating group) is 1. The summed E-state index contributed by atoms with van der Waals surface area (Å²) >= 11 is 1.91. The Bertz CT molecular complexity index is 577. The molecule has 0 saturated heterocycles. The van der Waals surface area contributed by atoms with Crippen molar-refractivity contribution in [1.82, 2.24) is 15.1 Å². The van der Waals surface area contributed by atoms with Crippen LogP contribution in [0.3, 0.4) is 0 Å². The van der Waals surface area contributed by atoms with Crippen molar-refractivity contribution >= 4 is 11.8 Å². The normalized spacial score (nSPS) is 12.6. The Kier molecular flexibility index (Phi) is 5.88. The van der Waals surface area contributed by atoms with E-state index in [9.17, 15) is 0 Å². The summed E-state index contributed by atoms with van der Waals surface area (Å²) in [5.74, 6) is 1.06. The monoisotopic (exact) mass is 303 g/mol. The van der Waals surface area contributed by atoms with Crippen molar-refractivity contribution in [1.29, 1.82) is 0 Å². The van der Waals surface area contributed by atoms with Gasteiger partial charge in [0, 0.05) is 35.3 Å². The Morgan fingerprint density at radius 3 is 2.76 bits per heavy atom. The van der Waals surface area contributed by atoms with Gasteiger partial charge in [-0.25, -0.2) is 0 Å². The van der Waals surface area contributed by atoms with Crippen molar-refractivity contribution in [3.05, 3.63) is 47.3 Å². The van der Waals surface area contributed by atoms with Crippen LogP contribution < -0.4 is 5.32 Å². The minimum Gasteiger partial charge on any atom is -0.316 e. The fraction of sp³-hybridized carbons (Fsp3) is 0.471. The maximum Gasteiger partial charge on any atom is 0.0596 e. The first-order chi connectivity index (χ1) is 10.1. The zero-order valence-electron chi connectivity index (χ0n) is 13.4. The van der Waals surface area contributed by atoms with E-state index < -0.39 is 0 Å². The Labute approximate surface area is 132 Å². The van der Waals surface area contributed by atoms with E-state index in [1.165, 1.54) is 16.2 Å². The second-order valence-electron chi connectivity index (χ2n) is 5.41. The lowest BCUT2D eigenvalue weighted by Gasteiger charge is -2.16. The zero-order valence-corrected chi connectivity index (χ0v) is 14.2. The van der Waals surface area contributed by atoms with Crippen molar-refractivity contribution in [3.63, 3.8) is 0 Å². The summed E-state index contributed by atoms with van der Waals surface area (Å²) in [6.45, 7) is 7.28. The van der Waals surface area contributed by atoms with Gasteiger partial charge in [0.2, 0.25) is 0 Å². The third kappa shape index (κ3) is 4.61. The number of aromatic nitrogens is 2. The van der Waals surface area contributed by atoms with Crippen molar-refractivity contribution in [2.24, 2.45) is 0 Å². The molecule has 1 atom stereocenters. The predicted octanol–water partition coefficient (Wildman–Crippen LogP) is 3.44. The highest BCUT2D eigenvalue weighted by Crippen LogP contribution is 2.21. The quantitative estimate of drug-likeness (QED) is 0.795. The number of aryl methyl sites for hydroxylation is 3. The fourth-order valence-electron chi connectivity index (χ4n) is 2.44. The minimum atomic E-state index is 0.455. The topological polar surface area (TPSA) is 29.9 Å². The van der Waals surface area contributed by atoms with E-state index in [-0.39, 0.29) is 0 Å². The number of nitrogens with one attached hydrogen (secondary N) is 1. The molecule has 0 amide bonds. The summed E-state index contributed by atoms with van der Waals surface area (Å²) in [6.07, 6.45) is 1.02. The number of hydrogen-bond donors (Lipinski definition) is 1. The highest BCUT2D eigenvalue weighted by molar-refractivity contribution is 7.99. The standard InChI is InChI=1S/C17H25N3S/c1-5-20-16(10-14(3)19-20)11-15(18-4)12-21-17-8-6-7-13(2)9-17/h6-10,15,18H,5,11-12H2,1-4H3. The van der Waals surface area contributed by atoms with E-state index in [4.69, 9.17) is 0 Å². The molecule has 21 heavy (non-hydrogen) atoms. The molecular formula is C17H25N3S. The largest absolute Gasteiger partial charge is 0.316 e. The summed E-state index contributed by atoms with van der Waals surface area (Å²) in [6, 6.07) is 11.4. The molecule has 3 nitrogen and oxygen atoms in total. The molecule has 0 aliphatic heterocycles. The van der Waals surface area contributed by atoms with Gasteiger partial charge in [0.25, 0.3) is 0 Å². The second-order valence-corrected chi connectivity index (χ2v) is 6.50. The van der Waals surface area contributed by atoms with Gasteiger partial charge < -0.3 is 5.32 Å². The van der Waals surface area contributed by atoms with Crippen LogP contribution in [0.1, 0.15) is 23.9 Å². The van der Waals surface area contributed by atoms with Gasteiger partial charge in [-0.2, -0.15) is 5.10 Å². The SMILES string of the molecule is CCn1nc(C)cc1CC(CSc1cccc(C)c1)NC. The molecular weight excluding hydrogens is 278 g/mol. The van der Waals surface area contributed by atoms with E-state index in [0.717, 1.165) is 24.4 Å². The van der Waals surface area contributed by atoms with Crippen LogP contribution in [0, 0.1) is 13.8 Å². The average Bonchev–Trinajstić information content (AvgIpc) is 2.83. The molecule has 0 spiro atoms. The van der Waals surface area contributed by atoms with Gasteiger partial charge in [0.15, 0.2) is 0 Å². The van der Waals surface area contributed by atoms with Crippen LogP contribution in [0.2, 0.25) is 0 Å². The van der Waals surface area contributed by atoms with Crippen molar-refractivity contribution in [2.75, 3.05) is 12.8 Å². The van der Waals surface area contributed by atoms with Gasteiger partial charge in [-0.05, 0) is 46.0 Å². The van der Waals surface area contributed by atoms with Crippen LogP contribution in [0.25, 0.3) is 0 Å². The number of rotatable bonds is 7. The summed E-state index contributed by atoms with van der Waals surface area (Å²) in [5, 5.41) is 7.96. The lowest BCUT2D eigenvalue weighted by molar-refractivity contribution is 0.556. The molecule has 114 valence electrons. The van der Waals surface area contributed by atoms with Crippen molar-refractivity contribution < 1.29 is 0 Å². The molecule has 0 aliphatic carbocycles. The van der Waals surface area contributed by atoms with Gasteiger partial charge in [-0.1, -0.05) is 17.7 Å². The van der Waals surface area contributed by atoms with Crippen LogP contribution in [0.4, 0.5) is 0 Å². The lowest BCUT2D eigenvalue weighted by atomic mass is 10.2.